The van der Waals surface area contributed by atoms with Crippen LogP contribution in [0.2, 0.25) is 0 Å². The van der Waals surface area contributed by atoms with Crippen molar-refractivity contribution in [1.29, 1.82) is 0 Å². The average molecular weight is 300 g/mol. The minimum Gasteiger partial charge on any atom is -0.472 e. The third kappa shape index (κ3) is 3.56. The van der Waals surface area contributed by atoms with Crippen LogP contribution in [0.15, 0.2) is 30.6 Å². The predicted octanol–water partition coefficient (Wildman–Crippen LogP) is 1.60. The summed E-state index contributed by atoms with van der Waals surface area (Å²) in [6.45, 7) is 3.12. The van der Waals surface area contributed by atoms with E-state index in [0.29, 0.717) is 24.7 Å². The van der Waals surface area contributed by atoms with E-state index in [-0.39, 0.29) is 18.0 Å². The second-order valence-electron chi connectivity index (χ2n) is 4.96. The number of nitrogens with one attached hydrogen (secondary N) is 1. The van der Waals surface area contributed by atoms with Gasteiger partial charge < -0.3 is 9.47 Å². The van der Waals surface area contributed by atoms with Gasteiger partial charge in [-0.3, -0.25) is 10.1 Å². The van der Waals surface area contributed by atoms with Crippen molar-refractivity contribution in [3.8, 4) is 5.88 Å². The molecule has 0 radical (unpaired) electrons. The van der Waals surface area contributed by atoms with Crippen LogP contribution in [-0.4, -0.2) is 40.2 Å². The molecule has 22 heavy (non-hydrogen) atoms. The molecule has 1 unspecified atom stereocenters. The Morgan fingerprint density at radius 3 is 2.95 bits per heavy atom. The van der Waals surface area contributed by atoms with Crippen molar-refractivity contribution in [2.24, 2.45) is 0 Å². The summed E-state index contributed by atoms with van der Waals surface area (Å²) in [5, 5.41) is 2.63. The minimum absolute atomic E-state index is 0.0351. The van der Waals surface area contributed by atoms with Crippen molar-refractivity contribution in [2.75, 3.05) is 18.5 Å². The molecule has 0 aromatic carbocycles. The number of aryl methyl sites for hydroxylation is 1. The molecule has 7 nitrogen and oxygen atoms in total. The highest BCUT2D eigenvalue weighted by Crippen LogP contribution is 2.15. The Balaban J connectivity index is 1.63. The number of ether oxygens (including phenoxy) is 2. The van der Waals surface area contributed by atoms with E-state index in [1.807, 2.05) is 6.92 Å². The summed E-state index contributed by atoms with van der Waals surface area (Å²) in [5.74, 6) is 0.445. The molecule has 7 heteroatoms. The minimum atomic E-state index is -0.311. The van der Waals surface area contributed by atoms with Crippen LogP contribution < -0.4 is 10.1 Å². The van der Waals surface area contributed by atoms with Gasteiger partial charge in [0.15, 0.2) is 0 Å². The van der Waals surface area contributed by atoms with Crippen LogP contribution in [0.1, 0.15) is 22.5 Å². The van der Waals surface area contributed by atoms with E-state index in [9.17, 15) is 4.79 Å². The molecule has 3 heterocycles. The number of aromatic nitrogens is 3. The fourth-order valence-corrected chi connectivity index (χ4v) is 2.04. The number of hydrogen-bond donors (Lipinski definition) is 1. The lowest BCUT2D eigenvalue weighted by molar-refractivity contribution is 0.102. The Labute approximate surface area is 127 Å². The highest BCUT2D eigenvalue weighted by molar-refractivity contribution is 6.03. The maximum atomic E-state index is 12.1. The first-order valence-corrected chi connectivity index (χ1v) is 7.02. The Morgan fingerprint density at radius 2 is 2.27 bits per heavy atom. The first-order valence-electron chi connectivity index (χ1n) is 7.02. The second kappa shape index (κ2) is 6.48. The van der Waals surface area contributed by atoms with Gasteiger partial charge in [-0.05, 0) is 19.1 Å². The third-order valence-corrected chi connectivity index (χ3v) is 3.19. The molecule has 1 aliphatic heterocycles. The Hall–Kier alpha value is -2.54. The quantitative estimate of drug-likeness (QED) is 0.923. The van der Waals surface area contributed by atoms with Gasteiger partial charge in [-0.2, -0.15) is 0 Å². The van der Waals surface area contributed by atoms with Gasteiger partial charge in [0, 0.05) is 30.6 Å². The maximum absolute atomic E-state index is 12.1. The van der Waals surface area contributed by atoms with Crippen molar-refractivity contribution >= 4 is 11.9 Å². The molecule has 1 fully saturated rings. The molecule has 1 aliphatic rings. The van der Waals surface area contributed by atoms with Crippen molar-refractivity contribution in [3.63, 3.8) is 0 Å². The summed E-state index contributed by atoms with van der Waals surface area (Å²) in [5.41, 5.74) is 1.20. The average Bonchev–Trinajstić information content (AvgIpc) is 3.01. The first-order chi connectivity index (χ1) is 10.7. The molecule has 0 aliphatic carbocycles. The normalized spacial score (nSPS) is 17.2. The van der Waals surface area contributed by atoms with E-state index < -0.39 is 0 Å². The van der Waals surface area contributed by atoms with Gasteiger partial charge in [-0.25, -0.2) is 15.0 Å². The van der Waals surface area contributed by atoms with Crippen LogP contribution >= 0.6 is 0 Å². The van der Waals surface area contributed by atoms with Crippen molar-refractivity contribution in [3.05, 3.63) is 41.9 Å². The molecular weight excluding hydrogens is 284 g/mol. The van der Waals surface area contributed by atoms with Crippen LogP contribution in [0.4, 0.5) is 5.95 Å². The zero-order chi connectivity index (χ0) is 15.4. The van der Waals surface area contributed by atoms with Crippen LogP contribution in [-0.2, 0) is 4.74 Å². The van der Waals surface area contributed by atoms with Gasteiger partial charge >= 0.3 is 0 Å². The molecule has 1 atom stereocenters. The molecule has 2 aromatic rings. The summed E-state index contributed by atoms with van der Waals surface area (Å²) >= 11 is 0. The monoisotopic (exact) mass is 300 g/mol. The molecule has 1 amide bonds. The highest BCUT2D eigenvalue weighted by Gasteiger charge is 2.18. The SMILES string of the molecule is Cc1ccnc(NC(=O)c2ccc(OC3CCOC3)nc2)n1. The fraction of sp³-hybridized carbons (Fsp3) is 0.333. The standard InChI is InChI=1S/C15H16N4O3/c1-10-4-6-16-15(18-10)19-14(20)11-2-3-13(17-8-11)22-12-5-7-21-9-12/h2-4,6,8,12H,5,7,9H2,1H3,(H,16,18,19,20). The molecule has 2 aromatic heterocycles. The molecule has 0 bridgehead atoms. The van der Waals surface area contributed by atoms with Gasteiger partial charge in [0.25, 0.3) is 5.91 Å². The van der Waals surface area contributed by atoms with Gasteiger partial charge in [0.2, 0.25) is 11.8 Å². The van der Waals surface area contributed by atoms with Gasteiger partial charge in [-0.1, -0.05) is 0 Å². The lowest BCUT2D eigenvalue weighted by Crippen LogP contribution is -2.17. The van der Waals surface area contributed by atoms with Crippen LogP contribution in [0.3, 0.4) is 0 Å². The molecule has 114 valence electrons. The van der Waals surface area contributed by atoms with E-state index in [0.717, 1.165) is 12.1 Å². The smallest absolute Gasteiger partial charge is 0.259 e. The van der Waals surface area contributed by atoms with Crippen molar-refractivity contribution in [2.45, 2.75) is 19.4 Å². The third-order valence-electron chi connectivity index (χ3n) is 3.19. The zero-order valence-electron chi connectivity index (χ0n) is 12.2. The summed E-state index contributed by atoms with van der Waals surface area (Å²) in [7, 11) is 0. The highest BCUT2D eigenvalue weighted by atomic mass is 16.5. The zero-order valence-corrected chi connectivity index (χ0v) is 12.2. The van der Waals surface area contributed by atoms with E-state index in [1.54, 1.807) is 24.4 Å². The molecule has 0 spiro atoms. The number of amides is 1. The molecular formula is C15H16N4O3. The molecule has 1 N–H and O–H groups in total. The number of carbonyl (C=O) groups is 1. The molecule has 1 saturated heterocycles. The Bertz CT molecular complexity index is 654. The number of anilines is 1. The van der Waals surface area contributed by atoms with Crippen molar-refractivity contribution in [1.82, 2.24) is 15.0 Å². The first kappa shape index (κ1) is 14.4. The predicted molar refractivity (Wildman–Crippen MR) is 78.8 cm³/mol. The maximum Gasteiger partial charge on any atom is 0.259 e. The number of rotatable bonds is 4. The molecule has 3 rings (SSSR count). The van der Waals surface area contributed by atoms with E-state index in [2.05, 4.69) is 20.3 Å². The molecule has 0 saturated carbocycles. The largest absolute Gasteiger partial charge is 0.472 e. The van der Waals surface area contributed by atoms with Gasteiger partial charge in [0.1, 0.15) is 6.10 Å². The number of hydrogen-bond acceptors (Lipinski definition) is 6. The summed E-state index contributed by atoms with van der Waals surface area (Å²) in [6, 6.07) is 5.09. The lowest BCUT2D eigenvalue weighted by Gasteiger charge is -2.10. The Kier molecular flexibility index (Phi) is 4.24. The van der Waals surface area contributed by atoms with E-state index >= 15 is 0 Å². The van der Waals surface area contributed by atoms with Gasteiger partial charge in [-0.15, -0.1) is 0 Å². The summed E-state index contributed by atoms with van der Waals surface area (Å²) in [4.78, 5) is 24.3. The van der Waals surface area contributed by atoms with E-state index in [1.165, 1.54) is 6.20 Å². The van der Waals surface area contributed by atoms with Crippen LogP contribution in [0.25, 0.3) is 0 Å². The number of nitrogens with zero attached hydrogens (tertiary/aromatic N) is 3. The van der Waals surface area contributed by atoms with Crippen molar-refractivity contribution < 1.29 is 14.3 Å². The lowest BCUT2D eigenvalue weighted by atomic mass is 10.2. The van der Waals surface area contributed by atoms with Crippen LogP contribution in [0.5, 0.6) is 5.88 Å². The van der Waals surface area contributed by atoms with Gasteiger partial charge in [0.05, 0.1) is 18.8 Å². The summed E-state index contributed by atoms with van der Waals surface area (Å²) < 4.78 is 10.9. The second-order valence-corrected chi connectivity index (χ2v) is 4.96. The topological polar surface area (TPSA) is 86.2 Å². The number of pyridine rings is 1. The van der Waals surface area contributed by atoms with Crippen LogP contribution in [0, 0.1) is 6.92 Å². The van der Waals surface area contributed by atoms with E-state index in [4.69, 9.17) is 9.47 Å². The fourth-order valence-electron chi connectivity index (χ4n) is 2.04. The summed E-state index contributed by atoms with van der Waals surface area (Å²) in [6.07, 6.45) is 3.95. The number of carbonyl (C=O) groups excluding carboxylic acids is 1. The Morgan fingerprint density at radius 1 is 1.36 bits per heavy atom.